The molecule has 0 unspecified atom stereocenters. The minimum atomic E-state index is -3.43. The highest BCUT2D eigenvalue weighted by Crippen LogP contribution is 2.39. The van der Waals surface area contributed by atoms with Gasteiger partial charge in [0, 0.05) is 83.1 Å². The number of rotatable bonds is 19. The second-order valence-corrected chi connectivity index (χ2v) is 32.6. The standard InChI is InChI=1S/C34H28FN5O3.2C30H25N5O3S/c1-20(38-33-27(19-37-21(2)39-33)22-12-13-28(35)30(41)17-22)29-16-24-8-7-11-26(23-14-15-36-31(18-23)43-3)32(24)34(42)40(29)25-9-5-4-6-10-25;1-19(33-29-26(31-3)18-32-20(2)34-29)27-17-22-11-9-15-25(21-10-8-14-24(16-21)39(4,37)38)28(22)30(36)35(27)23-12-6-5-7-13-23;1-19(33-29-26(31-3)18-32-20(2)34-29)27-17-22-9-8-12-25(21-13-15-24(16-14-21)39(4,37)38)28(22)30(36)35(27)23-10-6-5-7-11-23/h4-20,41H,1-3H3,(H,37,38,39);2*5-19H,1-2,4H3,(H,32,33,34)/t20-;2*19-/m000/s1. The van der Waals surface area contributed by atoms with Crippen LogP contribution in [-0.4, -0.2) is 90.2 Å². The smallest absolute Gasteiger partial charge is 0.263 e. The number of hydrogen-bond acceptors (Lipinski definition) is 19. The van der Waals surface area contributed by atoms with Gasteiger partial charge in [-0.2, -0.15) is 0 Å². The molecule has 7 heterocycles. The van der Waals surface area contributed by atoms with Crippen molar-refractivity contribution in [3.05, 3.63) is 362 Å². The summed E-state index contributed by atoms with van der Waals surface area (Å²) in [6.45, 7) is 26.0. The number of halogens is 1. The van der Waals surface area contributed by atoms with E-state index in [9.17, 15) is 40.7 Å². The van der Waals surface area contributed by atoms with Gasteiger partial charge in [-0.15, -0.1) is 0 Å². The molecular formula is C94H78FN15O9S2. The van der Waals surface area contributed by atoms with Gasteiger partial charge < -0.3 is 25.8 Å². The Hall–Kier alpha value is -15.2. The van der Waals surface area contributed by atoms with Crippen molar-refractivity contribution >= 4 is 80.8 Å². The summed E-state index contributed by atoms with van der Waals surface area (Å²) in [5.41, 5.74) is 9.53. The van der Waals surface area contributed by atoms with Crippen molar-refractivity contribution < 1.29 is 31.1 Å². The number of hydrogen-bond donors (Lipinski definition) is 4. The Balaban J connectivity index is 0.000000149. The number of ether oxygens (including phenoxy) is 1. The van der Waals surface area contributed by atoms with Crippen LogP contribution in [0.1, 0.15) is 73.5 Å². The van der Waals surface area contributed by atoms with Crippen LogP contribution in [0.15, 0.2) is 292 Å². The summed E-state index contributed by atoms with van der Waals surface area (Å²) in [5.74, 6) is 2.13. The third kappa shape index (κ3) is 17.6. The highest BCUT2D eigenvalue weighted by Gasteiger charge is 2.26. The zero-order chi connectivity index (χ0) is 85.6. The topological polar surface area (TPSA) is 299 Å². The van der Waals surface area contributed by atoms with Gasteiger partial charge in [0.25, 0.3) is 16.7 Å². The van der Waals surface area contributed by atoms with Crippen molar-refractivity contribution in [3.63, 3.8) is 0 Å². The van der Waals surface area contributed by atoms with Gasteiger partial charge in [0.2, 0.25) is 17.3 Å². The van der Waals surface area contributed by atoms with Crippen LogP contribution in [-0.2, 0) is 19.7 Å². The maximum Gasteiger partial charge on any atom is 0.263 e. The molecule has 24 nitrogen and oxygen atoms in total. The number of methoxy groups -OCH3 is 1. The van der Waals surface area contributed by atoms with Gasteiger partial charge in [0.15, 0.2) is 31.2 Å². The van der Waals surface area contributed by atoms with E-state index in [2.05, 4.69) is 60.5 Å². The minimum Gasteiger partial charge on any atom is -0.505 e. The number of aromatic hydroxyl groups is 1. The van der Waals surface area contributed by atoms with Crippen molar-refractivity contribution in [1.82, 2.24) is 48.6 Å². The summed E-state index contributed by atoms with van der Waals surface area (Å²) < 4.78 is 72.5. The SMILES string of the molecule is COc1cc(-c2cccc3cc([C@H](C)Nc4nc(C)ncc4-c4ccc(F)c(O)c4)n(-c4ccccc4)c(=O)c23)ccn1.[C-]#[N+]c1cnc(C)nc1N[C@@H](C)c1cc2cccc(-c3ccc(S(C)(=O)=O)cc3)c2c(=O)n1-c1ccccc1.[C-]#[N+]c1cnc(C)nc1N[C@@H](C)c1cc2cccc(-c3cccc(S(C)(=O)=O)c3)c2c(=O)n1-c1ccccc1. The lowest BCUT2D eigenvalue weighted by atomic mass is 9.98. The van der Waals surface area contributed by atoms with Crippen LogP contribution in [0.25, 0.3) is 104 Å². The van der Waals surface area contributed by atoms with E-state index in [1.165, 1.54) is 30.8 Å². The molecule has 27 heteroatoms. The third-order valence-electron chi connectivity index (χ3n) is 20.3. The Bertz CT molecular complexity index is 7230. The Morgan fingerprint density at radius 1 is 0.413 bits per heavy atom. The van der Waals surface area contributed by atoms with Crippen LogP contribution in [0, 0.1) is 39.7 Å². The molecule has 0 bridgehead atoms. The summed E-state index contributed by atoms with van der Waals surface area (Å²) in [5, 5.41) is 23.9. The quantitative estimate of drug-likeness (QED) is 0.0547. The first-order chi connectivity index (χ1) is 58.2. The molecule has 0 spiro atoms. The molecule has 0 fully saturated rings. The van der Waals surface area contributed by atoms with E-state index in [1.807, 2.05) is 197 Å². The van der Waals surface area contributed by atoms with Crippen LogP contribution >= 0.6 is 0 Å². The summed E-state index contributed by atoms with van der Waals surface area (Å²) in [6.07, 6.45) is 8.58. The molecule has 4 N–H and O–H groups in total. The fraction of sp³-hybridized carbons (Fsp3) is 0.128. The molecule has 0 amide bonds. The second kappa shape index (κ2) is 34.9. The average Bonchev–Trinajstić information content (AvgIpc) is 0.756. The first-order valence-electron chi connectivity index (χ1n) is 38.1. The number of nitrogens with one attached hydrogen (secondary N) is 3. The maximum absolute atomic E-state index is 14.5. The molecule has 7 aromatic heterocycles. The van der Waals surface area contributed by atoms with E-state index in [1.54, 1.807) is 109 Å². The molecule has 0 aliphatic carbocycles. The molecule has 0 radical (unpaired) electrons. The van der Waals surface area contributed by atoms with Crippen LogP contribution in [0.3, 0.4) is 0 Å². The molecule has 16 aromatic rings. The van der Waals surface area contributed by atoms with Crippen LogP contribution in [0.4, 0.5) is 33.2 Å². The number of aromatic nitrogens is 10. The Labute approximate surface area is 696 Å². The summed E-state index contributed by atoms with van der Waals surface area (Å²) in [6, 6.07) is 70.7. The lowest BCUT2D eigenvalue weighted by Gasteiger charge is -2.23. The number of aryl methyl sites for hydroxylation is 3. The first-order valence-corrected chi connectivity index (χ1v) is 41.8. The van der Waals surface area contributed by atoms with Crippen molar-refractivity contribution in [2.75, 3.05) is 35.6 Å². The number of fused-ring (bicyclic) bond motifs is 3. The molecule has 0 aliphatic rings. The average molecular weight is 1640 g/mol. The summed E-state index contributed by atoms with van der Waals surface area (Å²) >= 11 is 0. The maximum atomic E-state index is 14.5. The van der Waals surface area contributed by atoms with Gasteiger partial charge in [-0.05, 0) is 194 Å². The van der Waals surface area contributed by atoms with Gasteiger partial charge in [-0.25, -0.2) is 55.8 Å². The van der Waals surface area contributed by atoms with Gasteiger partial charge >= 0.3 is 0 Å². The second-order valence-electron chi connectivity index (χ2n) is 28.6. The summed E-state index contributed by atoms with van der Waals surface area (Å²) in [4.78, 5) is 80.7. The predicted octanol–water partition coefficient (Wildman–Crippen LogP) is 18.6. The Morgan fingerprint density at radius 2 is 0.793 bits per heavy atom. The molecule has 0 saturated heterocycles. The lowest BCUT2D eigenvalue weighted by molar-refractivity contribution is 0.398. The fourth-order valence-corrected chi connectivity index (χ4v) is 15.7. The van der Waals surface area contributed by atoms with Crippen molar-refractivity contribution in [3.8, 4) is 73.2 Å². The molecule has 0 saturated carbocycles. The minimum absolute atomic E-state index is 0.179. The highest BCUT2D eigenvalue weighted by atomic mass is 32.2. The lowest BCUT2D eigenvalue weighted by Crippen LogP contribution is -2.26. The monoisotopic (exact) mass is 1640 g/mol. The first kappa shape index (κ1) is 82.3. The Morgan fingerprint density at radius 3 is 1.21 bits per heavy atom. The molecular weight excluding hydrogens is 1570 g/mol. The van der Waals surface area contributed by atoms with E-state index in [0.717, 1.165) is 33.7 Å². The number of sulfone groups is 2. The zero-order valence-corrected chi connectivity index (χ0v) is 68.5. The van der Waals surface area contributed by atoms with Crippen LogP contribution in [0.2, 0.25) is 0 Å². The molecule has 0 aliphatic heterocycles. The van der Waals surface area contributed by atoms with Gasteiger partial charge in [-0.3, -0.25) is 38.1 Å². The molecule has 121 heavy (non-hydrogen) atoms. The zero-order valence-electron chi connectivity index (χ0n) is 66.9. The molecule has 9 aromatic carbocycles. The molecule has 602 valence electrons. The molecule has 16 rings (SSSR count). The predicted molar refractivity (Wildman–Crippen MR) is 472 cm³/mol. The normalized spacial score (nSPS) is 12.0. The van der Waals surface area contributed by atoms with Crippen molar-refractivity contribution in [2.24, 2.45) is 0 Å². The van der Waals surface area contributed by atoms with Crippen molar-refractivity contribution in [1.29, 1.82) is 0 Å². The van der Waals surface area contributed by atoms with Crippen LogP contribution < -0.4 is 37.4 Å². The van der Waals surface area contributed by atoms with E-state index < -0.39 is 49.4 Å². The van der Waals surface area contributed by atoms with E-state index in [4.69, 9.17) is 17.9 Å². The van der Waals surface area contributed by atoms with Gasteiger partial charge in [0.05, 0.1) is 64.3 Å². The van der Waals surface area contributed by atoms with Gasteiger partial charge in [-0.1, -0.05) is 140 Å². The van der Waals surface area contributed by atoms with Crippen LogP contribution in [0.5, 0.6) is 11.6 Å². The number of benzene rings is 9. The number of para-hydroxylation sites is 3. The van der Waals surface area contributed by atoms with Crippen molar-refractivity contribution in [2.45, 2.75) is 69.5 Å². The highest BCUT2D eigenvalue weighted by molar-refractivity contribution is 7.91. The number of phenolic OH excluding ortho intramolecular Hbond substituents is 1. The fourth-order valence-electron chi connectivity index (χ4n) is 14.4. The largest absolute Gasteiger partial charge is 0.505 e. The van der Waals surface area contributed by atoms with Gasteiger partial charge in [0.1, 0.15) is 34.9 Å². The van der Waals surface area contributed by atoms with E-state index in [0.29, 0.717) is 130 Å². The molecule has 3 atom stereocenters. The number of nitrogens with zero attached hydrogens (tertiary/aromatic N) is 12. The van der Waals surface area contributed by atoms with E-state index in [-0.39, 0.29) is 32.2 Å². The Kier molecular flexibility index (Phi) is 23.8. The number of phenols is 1. The van der Waals surface area contributed by atoms with E-state index >= 15 is 0 Å². The number of pyridine rings is 4. The number of anilines is 3. The summed E-state index contributed by atoms with van der Waals surface area (Å²) in [7, 11) is -5.21. The third-order valence-corrected chi connectivity index (χ3v) is 22.5.